The van der Waals surface area contributed by atoms with Crippen molar-refractivity contribution < 1.29 is 5.11 Å². The average Bonchev–Trinajstić information content (AvgIpc) is 2.28. The summed E-state index contributed by atoms with van der Waals surface area (Å²) in [5.74, 6) is 0. The molecule has 0 fully saturated rings. The molecule has 0 amide bonds. The predicted molar refractivity (Wildman–Crippen MR) is 66.5 cm³/mol. The number of halogens is 1. The molecule has 1 heterocycles. The van der Waals surface area contributed by atoms with Crippen LogP contribution >= 0.6 is 11.6 Å². The Bertz CT molecular complexity index is 333. The Morgan fingerprint density at radius 3 is 2.88 bits per heavy atom. The molecule has 0 aliphatic rings. The van der Waals surface area contributed by atoms with Crippen LogP contribution in [0.4, 0.5) is 0 Å². The third kappa shape index (κ3) is 3.74. The number of aromatic nitrogens is 1. The molecule has 0 aliphatic heterocycles. The van der Waals surface area contributed by atoms with Crippen molar-refractivity contribution in [1.29, 1.82) is 0 Å². The molecule has 1 aromatic rings. The highest BCUT2D eigenvalue weighted by Gasteiger charge is 2.20. The van der Waals surface area contributed by atoms with Gasteiger partial charge >= 0.3 is 0 Å². The molecule has 16 heavy (non-hydrogen) atoms. The number of hydrogen-bond acceptors (Lipinski definition) is 3. The second-order valence-electron chi connectivity index (χ2n) is 4.19. The van der Waals surface area contributed by atoms with Crippen molar-refractivity contribution in [3.8, 4) is 0 Å². The number of nitrogens with zero attached hydrogens (tertiary/aromatic N) is 1. The molecule has 1 atom stereocenters. The van der Waals surface area contributed by atoms with Crippen molar-refractivity contribution in [2.24, 2.45) is 0 Å². The molecule has 0 aromatic carbocycles. The van der Waals surface area contributed by atoms with E-state index in [-0.39, 0.29) is 12.1 Å². The smallest absolute Gasteiger partial charge is 0.133 e. The van der Waals surface area contributed by atoms with Gasteiger partial charge in [0.1, 0.15) is 5.15 Å². The van der Waals surface area contributed by atoms with Gasteiger partial charge in [-0.2, -0.15) is 0 Å². The fourth-order valence-corrected chi connectivity index (χ4v) is 1.68. The summed E-state index contributed by atoms with van der Waals surface area (Å²) >= 11 is 5.97. The van der Waals surface area contributed by atoms with Gasteiger partial charge in [-0.05, 0) is 25.8 Å². The van der Waals surface area contributed by atoms with Crippen LogP contribution in [-0.4, -0.2) is 22.2 Å². The van der Waals surface area contributed by atoms with Crippen molar-refractivity contribution in [3.05, 3.63) is 29.0 Å². The molecule has 0 radical (unpaired) electrons. The van der Waals surface area contributed by atoms with Gasteiger partial charge in [0.2, 0.25) is 0 Å². The quantitative estimate of drug-likeness (QED) is 0.753. The van der Waals surface area contributed by atoms with Crippen LogP contribution in [0.25, 0.3) is 0 Å². The van der Waals surface area contributed by atoms with E-state index in [0.29, 0.717) is 11.7 Å². The highest BCUT2D eigenvalue weighted by Crippen LogP contribution is 2.17. The maximum Gasteiger partial charge on any atom is 0.133 e. The van der Waals surface area contributed by atoms with Gasteiger partial charge in [-0.1, -0.05) is 24.6 Å². The summed E-state index contributed by atoms with van der Waals surface area (Å²) in [6, 6.07) is 3.83. The monoisotopic (exact) mass is 242 g/mol. The summed E-state index contributed by atoms with van der Waals surface area (Å²) in [5.41, 5.74) is 0.940. The van der Waals surface area contributed by atoms with Crippen LogP contribution < -0.4 is 5.32 Å². The molecule has 0 saturated heterocycles. The number of hydrogen-bond donors (Lipinski definition) is 2. The molecule has 1 rings (SSSR count). The van der Waals surface area contributed by atoms with Crippen LogP contribution in [0.15, 0.2) is 18.3 Å². The summed E-state index contributed by atoms with van der Waals surface area (Å²) < 4.78 is 0. The number of nitrogens with one attached hydrogen (secondary N) is 1. The van der Waals surface area contributed by atoms with E-state index in [1.165, 1.54) is 0 Å². The summed E-state index contributed by atoms with van der Waals surface area (Å²) in [4.78, 5) is 4.03. The Kier molecular flexibility index (Phi) is 5.19. The Balaban J connectivity index is 2.59. The Morgan fingerprint density at radius 2 is 2.31 bits per heavy atom. The van der Waals surface area contributed by atoms with Gasteiger partial charge in [0.05, 0.1) is 0 Å². The molecular formula is C12H19ClN2O. The van der Waals surface area contributed by atoms with Crippen molar-refractivity contribution >= 4 is 11.6 Å². The zero-order valence-electron chi connectivity index (χ0n) is 9.83. The van der Waals surface area contributed by atoms with E-state index in [2.05, 4.69) is 24.1 Å². The average molecular weight is 243 g/mol. The molecule has 3 nitrogen and oxygen atoms in total. The second-order valence-corrected chi connectivity index (χ2v) is 4.55. The lowest BCUT2D eigenvalue weighted by Crippen LogP contribution is -2.42. The highest BCUT2D eigenvalue weighted by molar-refractivity contribution is 6.30. The largest absolute Gasteiger partial charge is 0.396 e. The Morgan fingerprint density at radius 1 is 1.56 bits per heavy atom. The van der Waals surface area contributed by atoms with Crippen LogP contribution in [0.1, 0.15) is 32.3 Å². The predicted octanol–water partition coefficient (Wildman–Crippen LogP) is 2.38. The fraction of sp³-hybridized carbons (Fsp3) is 0.583. The molecule has 0 saturated carbocycles. The van der Waals surface area contributed by atoms with Gasteiger partial charge < -0.3 is 10.4 Å². The maximum atomic E-state index is 9.01. The SMILES string of the molecule is CCC(C)(CCO)NCc1cccnc1Cl. The molecule has 0 spiro atoms. The Labute approximate surface area is 102 Å². The number of rotatable bonds is 6. The van der Waals surface area contributed by atoms with Gasteiger partial charge in [-0.3, -0.25) is 0 Å². The van der Waals surface area contributed by atoms with E-state index in [1.807, 2.05) is 12.1 Å². The molecule has 1 unspecified atom stereocenters. The second kappa shape index (κ2) is 6.18. The van der Waals surface area contributed by atoms with Crippen molar-refractivity contribution in [3.63, 3.8) is 0 Å². The lowest BCUT2D eigenvalue weighted by molar-refractivity contribution is 0.214. The highest BCUT2D eigenvalue weighted by atomic mass is 35.5. The van der Waals surface area contributed by atoms with Gasteiger partial charge in [0.25, 0.3) is 0 Å². The van der Waals surface area contributed by atoms with Crippen LogP contribution in [0.3, 0.4) is 0 Å². The molecule has 2 N–H and O–H groups in total. The number of aliphatic hydroxyl groups is 1. The van der Waals surface area contributed by atoms with Gasteiger partial charge in [0, 0.05) is 30.5 Å². The molecule has 1 aromatic heterocycles. The number of pyridine rings is 1. The van der Waals surface area contributed by atoms with Crippen LogP contribution in [0.5, 0.6) is 0 Å². The summed E-state index contributed by atoms with van der Waals surface area (Å²) in [7, 11) is 0. The summed E-state index contributed by atoms with van der Waals surface area (Å²) in [5, 5.41) is 13.0. The minimum absolute atomic E-state index is 0.0477. The molecule has 0 bridgehead atoms. The van der Waals surface area contributed by atoms with Crippen LogP contribution in [-0.2, 0) is 6.54 Å². The van der Waals surface area contributed by atoms with Crippen molar-refractivity contribution in [1.82, 2.24) is 10.3 Å². The first-order valence-corrected chi connectivity index (χ1v) is 5.94. The van der Waals surface area contributed by atoms with Gasteiger partial charge in [-0.25, -0.2) is 4.98 Å². The third-order valence-corrected chi connectivity index (χ3v) is 3.33. The van der Waals surface area contributed by atoms with Gasteiger partial charge in [-0.15, -0.1) is 0 Å². The summed E-state index contributed by atoms with van der Waals surface area (Å²) in [6.45, 7) is 5.08. The lowest BCUT2D eigenvalue weighted by Gasteiger charge is -2.29. The zero-order valence-corrected chi connectivity index (χ0v) is 10.6. The number of aliphatic hydroxyl groups excluding tert-OH is 1. The first kappa shape index (κ1) is 13.4. The standard InChI is InChI=1S/C12H19ClN2O/c1-3-12(2,6-8-16)15-9-10-5-4-7-14-11(10)13/h4-5,7,15-16H,3,6,8-9H2,1-2H3. The fourth-order valence-electron chi connectivity index (χ4n) is 1.50. The summed E-state index contributed by atoms with van der Waals surface area (Å²) in [6.07, 6.45) is 3.38. The van der Waals surface area contributed by atoms with E-state index in [4.69, 9.17) is 16.7 Å². The van der Waals surface area contributed by atoms with Gasteiger partial charge in [0.15, 0.2) is 0 Å². The van der Waals surface area contributed by atoms with Crippen LogP contribution in [0.2, 0.25) is 5.15 Å². The van der Waals surface area contributed by atoms with E-state index >= 15 is 0 Å². The molecular weight excluding hydrogens is 224 g/mol. The lowest BCUT2D eigenvalue weighted by atomic mass is 9.94. The molecule has 90 valence electrons. The molecule has 0 aliphatic carbocycles. The van der Waals surface area contributed by atoms with E-state index in [1.54, 1.807) is 6.20 Å². The topological polar surface area (TPSA) is 45.1 Å². The zero-order chi connectivity index (χ0) is 12.0. The third-order valence-electron chi connectivity index (χ3n) is 2.99. The minimum atomic E-state index is -0.0477. The Hall–Kier alpha value is -0.640. The molecule has 4 heteroatoms. The minimum Gasteiger partial charge on any atom is -0.396 e. The van der Waals surface area contributed by atoms with E-state index < -0.39 is 0 Å². The van der Waals surface area contributed by atoms with Crippen molar-refractivity contribution in [2.75, 3.05) is 6.61 Å². The van der Waals surface area contributed by atoms with Crippen LogP contribution in [0, 0.1) is 0 Å². The van der Waals surface area contributed by atoms with E-state index in [9.17, 15) is 0 Å². The van der Waals surface area contributed by atoms with E-state index in [0.717, 1.165) is 18.4 Å². The first-order chi connectivity index (χ1) is 7.61. The maximum absolute atomic E-state index is 9.01. The van der Waals surface area contributed by atoms with Crippen molar-refractivity contribution in [2.45, 2.75) is 38.8 Å². The first-order valence-electron chi connectivity index (χ1n) is 5.56. The normalized spacial score (nSPS) is 14.8.